The normalized spacial score (nSPS) is 11.9. The van der Waals surface area contributed by atoms with Crippen molar-refractivity contribution in [3.8, 4) is 0 Å². The zero-order valence-electron chi connectivity index (χ0n) is 7.49. The summed E-state index contributed by atoms with van der Waals surface area (Å²) in [5, 5.41) is 0. The van der Waals surface area contributed by atoms with Crippen LogP contribution < -0.4 is 0 Å². The van der Waals surface area contributed by atoms with Gasteiger partial charge in [0.1, 0.15) is 11.6 Å². The molecule has 1 aromatic rings. The van der Waals surface area contributed by atoms with Gasteiger partial charge in [-0.2, -0.15) is 8.78 Å². The highest BCUT2D eigenvalue weighted by Crippen LogP contribution is 2.27. The van der Waals surface area contributed by atoms with Crippen molar-refractivity contribution in [3.63, 3.8) is 0 Å². The lowest BCUT2D eigenvalue weighted by atomic mass is 10.1. The second kappa shape index (κ2) is 4.15. The Morgan fingerprint density at radius 1 is 1.06 bits per heavy atom. The van der Waals surface area contributed by atoms with E-state index in [1.165, 1.54) is 0 Å². The number of Topliss-reactive ketones (excluding diaryl/α,β-unsaturated/α-hetero) is 1. The lowest BCUT2D eigenvalue weighted by molar-refractivity contribution is -0.0958. The van der Waals surface area contributed by atoms with Crippen LogP contribution in [-0.2, 0) is 0 Å². The van der Waals surface area contributed by atoms with E-state index >= 15 is 0 Å². The fraction of sp³-hybridized carbons (Fsp3) is 0.222. The highest BCUT2D eigenvalue weighted by molar-refractivity contribution is 6.01. The van der Waals surface area contributed by atoms with Gasteiger partial charge in [0.05, 0.1) is 0 Å². The van der Waals surface area contributed by atoms with Gasteiger partial charge in [-0.15, -0.1) is 0 Å². The fourth-order valence-electron chi connectivity index (χ4n) is 0.976. The maximum absolute atomic E-state index is 12.6. The Morgan fingerprint density at radius 2 is 1.50 bits per heavy atom. The molecule has 0 unspecified atom stereocenters. The minimum absolute atomic E-state index is 0.266. The molecule has 0 saturated heterocycles. The Kier molecular flexibility index (Phi) is 3.25. The van der Waals surface area contributed by atoms with E-state index in [1.54, 1.807) is 0 Å². The van der Waals surface area contributed by atoms with E-state index in [2.05, 4.69) is 0 Å². The number of halogens is 6. The maximum atomic E-state index is 12.6. The van der Waals surface area contributed by atoms with E-state index in [4.69, 9.17) is 0 Å². The fourth-order valence-corrected chi connectivity index (χ4v) is 0.976. The zero-order valence-corrected chi connectivity index (χ0v) is 7.49. The molecular formula is C9H4F6O. The lowest BCUT2D eigenvalue weighted by Crippen LogP contribution is -2.36. The van der Waals surface area contributed by atoms with Crippen molar-refractivity contribution < 1.29 is 31.1 Å². The van der Waals surface area contributed by atoms with Crippen LogP contribution in [0.5, 0.6) is 0 Å². The third-order valence-electron chi connectivity index (χ3n) is 1.70. The second-order valence-corrected chi connectivity index (χ2v) is 2.91. The molecule has 0 saturated carbocycles. The van der Waals surface area contributed by atoms with Crippen LogP contribution in [0.25, 0.3) is 0 Å². The largest absolute Gasteiger partial charge is 0.368 e. The van der Waals surface area contributed by atoms with Gasteiger partial charge in [-0.05, 0) is 12.1 Å². The van der Waals surface area contributed by atoms with Crippen molar-refractivity contribution >= 4 is 5.78 Å². The molecule has 0 radical (unpaired) electrons. The number of rotatable bonds is 3. The van der Waals surface area contributed by atoms with Gasteiger partial charge in [-0.3, -0.25) is 4.79 Å². The second-order valence-electron chi connectivity index (χ2n) is 2.91. The maximum Gasteiger partial charge on any atom is 0.368 e. The Labute approximate surface area is 85.7 Å². The molecule has 0 heterocycles. The first-order chi connectivity index (χ1) is 7.25. The predicted molar refractivity (Wildman–Crippen MR) is 41.6 cm³/mol. The summed E-state index contributed by atoms with van der Waals surface area (Å²) >= 11 is 0. The van der Waals surface area contributed by atoms with Gasteiger partial charge < -0.3 is 0 Å². The van der Waals surface area contributed by atoms with E-state index in [9.17, 15) is 31.1 Å². The molecule has 0 N–H and O–H groups in total. The third-order valence-corrected chi connectivity index (χ3v) is 1.70. The lowest BCUT2D eigenvalue weighted by Gasteiger charge is -2.13. The number of alkyl halides is 4. The highest BCUT2D eigenvalue weighted by Gasteiger charge is 2.49. The summed E-state index contributed by atoms with van der Waals surface area (Å²) in [6.45, 7) is 0. The van der Waals surface area contributed by atoms with E-state index in [0.717, 1.165) is 0 Å². The molecular weight excluding hydrogens is 238 g/mol. The van der Waals surface area contributed by atoms with Crippen molar-refractivity contribution in [3.05, 3.63) is 35.4 Å². The molecule has 88 valence electrons. The van der Waals surface area contributed by atoms with Crippen LogP contribution in [0.1, 0.15) is 10.4 Å². The first-order valence-electron chi connectivity index (χ1n) is 3.92. The minimum atomic E-state index is -4.96. The minimum Gasteiger partial charge on any atom is -0.287 e. The smallest absolute Gasteiger partial charge is 0.287 e. The van der Waals surface area contributed by atoms with Crippen molar-refractivity contribution in [2.24, 2.45) is 0 Å². The van der Waals surface area contributed by atoms with Crippen molar-refractivity contribution in [1.29, 1.82) is 0 Å². The van der Waals surface area contributed by atoms with Gasteiger partial charge in [0, 0.05) is 11.6 Å². The molecule has 0 aliphatic heterocycles. The van der Waals surface area contributed by atoms with Gasteiger partial charge in [0.25, 0.3) is 0 Å². The highest BCUT2D eigenvalue weighted by atomic mass is 19.3. The molecule has 16 heavy (non-hydrogen) atoms. The van der Waals surface area contributed by atoms with Crippen LogP contribution >= 0.6 is 0 Å². The van der Waals surface area contributed by atoms with Crippen LogP contribution in [0.15, 0.2) is 18.2 Å². The Hall–Kier alpha value is -1.53. The third kappa shape index (κ3) is 2.34. The van der Waals surface area contributed by atoms with E-state index < -0.39 is 35.3 Å². The number of hydrogen-bond donors (Lipinski definition) is 0. The average Bonchev–Trinajstić information content (AvgIpc) is 2.14. The van der Waals surface area contributed by atoms with Gasteiger partial charge in [-0.25, -0.2) is 17.6 Å². The summed E-state index contributed by atoms with van der Waals surface area (Å²) in [6.07, 6.45) is -4.23. The van der Waals surface area contributed by atoms with Gasteiger partial charge in [0.2, 0.25) is 5.78 Å². The molecule has 1 aromatic carbocycles. The topological polar surface area (TPSA) is 17.1 Å². The molecule has 0 bridgehead atoms. The molecule has 0 fully saturated rings. The molecule has 1 nitrogen and oxygen atoms in total. The number of ketones is 1. The van der Waals surface area contributed by atoms with Crippen LogP contribution in [0.4, 0.5) is 26.3 Å². The Bertz CT molecular complexity index is 394. The molecule has 0 aliphatic carbocycles. The summed E-state index contributed by atoms with van der Waals surface area (Å²) in [6, 6.07) is 0.862. The zero-order chi connectivity index (χ0) is 12.5. The average molecular weight is 242 g/mol. The predicted octanol–water partition coefficient (Wildman–Crippen LogP) is 3.05. The monoisotopic (exact) mass is 242 g/mol. The van der Waals surface area contributed by atoms with Crippen molar-refractivity contribution in [2.45, 2.75) is 12.3 Å². The number of hydrogen-bond acceptors (Lipinski definition) is 1. The Balaban J connectivity index is 3.15. The first-order valence-corrected chi connectivity index (χ1v) is 3.92. The summed E-state index contributed by atoms with van der Waals surface area (Å²) in [5.74, 6) is -9.87. The summed E-state index contributed by atoms with van der Waals surface area (Å²) < 4.78 is 73.8. The number of carbonyl (C=O) groups is 1. The van der Waals surface area contributed by atoms with E-state index in [1.807, 2.05) is 0 Å². The van der Waals surface area contributed by atoms with Crippen LogP contribution in [0, 0.1) is 11.6 Å². The van der Waals surface area contributed by atoms with Crippen molar-refractivity contribution in [2.75, 3.05) is 0 Å². The summed E-state index contributed by atoms with van der Waals surface area (Å²) in [5.41, 5.74) is -1.14. The van der Waals surface area contributed by atoms with Crippen LogP contribution in [0.2, 0.25) is 0 Å². The molecule has 0 atom stereocenters. The van der Waals surface area contributed by atoms with Crippen molar-refractivity contribution in [1.82, 2.24) is 0 Å². The number of carbonyl (C=O) groups excluding carboxylic acids is 1. The Morgan fingerprint density at radius 3 is 1.88 bits per heavy atom. The SMILES string of the molecule is O=C(c1cc(F)cc(F)c1)C(F)(F)C(F)F. The number of benzene rings is 1. The molecule has 0 aliphatic rings. The molecule has 0 aromatic heterocycles. The standard InChI is InChI=1S/C9H4F6O/c10-5-1-4(2-6(11)3-5)7(16)9(14,15)8(12)13/h1-3,8H. The molecule has 0 spiro atoms. The van der Waals surface area contributed by atoms with E-state index in [0.29, 0.717) is 6.07 Å². The van der Waals surface area contributed by atoms with Gasteiger partial charge in [-0.1, -0.05) is 0 Å². The molecule has 0 amide bonds. The van der Waals surface area contributed by atoms with Gasteiger partial charge >= 0.3 is 12.3 Å². The molecule has 1 rings (SSSR count). The van der Waals surface area contributed by atoms with Crippen LogP contribution in [-0.4, -0.2) is 18.1 Å². The summed E-state index contributed by atoms with van der Waals surface area (Å²) in [4.78, 5) is 10.8. The van der Waals surface area contributed by atoms with Gasteiger partial charge in [0.15, 0.2) is 0 Å². The first kappa shape index (κ1) is 12.5. The summed E-state index contributed by atoms with van der Waals surface area (Å²) in [7, 11) is 0. The molecule has 7 heteroatoms. The van der Waals surface area contributed by atoms with Crippen LogP contribution in [0.3, 0.4) is 0 Å². The quantitative estimate of drug-likeness (QED) is 0.588. The van der Waals surface area contributed by atoms with E-state index in [-0.39, 0.29) is 12.1 Å².